The van der Waals surface area contributed by atoms with Gasteiger partial charge in [-0.1, -0.05) is 12.1 Å². The highest BCUT2D eigenvalue weighted by Gasteiger charge is 2.38. The highest BCUT2D eigenvalue weighted by Crippen LogP contribution is 2.27. The Hall–Kier alpha value is -2.56. The van der Waals surface area contributed by atoms with Crippen LogP contribution < -0.4 is 4.90 Å². The molecule has 0 spiro atoms. The molecule has 3 rings (SSSR count). The summed E-state index contributed by atoms with van der Waals surface area (Å²) in [6, 6.07) is 6.84. The van der Waals surface area contributed by atoms with Crippen molar-refractivity contribution >= 4 is 17.8 Å². The minimum Gasteiger partial charge on any atom is -0.268 e. The first-order valence-corrected chi connectivity index (χ1v) is 5.45. The Bertz CT molecular complexity index is 653. The molecule has 5 nitrogen and oxygen atoms in total. The van der Waals surface area contributed by atoms with E-state index in [1.165, 1.54) is 12.4 Å². The average molecular weight is 239 g/mol. The van der Waals surface area contributed by atoms with Crippen molar-refractivity contribution in [1.82, 2.24) is 9.97 Å². The van der Waals surface area contributed by atoms with Gasteiger partial charge in [0.15, 0.2) is 0 Å². The number of amides is 2. The van der Waals surface area contributed by atoms with Crippen molar-refractivity contribution in [3.05, 3.63) is 53.3 Å². The van der Waals surface area contributed by atoms with E-state index in [4.69, 9.17) is 0 Å². The molecule has 0 saturated carbocycles. The van der Waals surface area contributed by atoms with Gasteiger partial charge in [-0.2, -0.15) is 0 Å². The number of nitrogens with zero attached hydrogens (tertiary/aromatic N) is 3. The molecule has 0 unspecified atom stereocenters. The van der Waals surface area contributed by atoms with Gasteiger partial charge in [0.2, 0.25) is 5.95 Å². The van der Waals surface area contributed by atoms with Crippen LogP contribution in [-0.2, 0) is 0 Å². The molecular weight excluding hydrogens is 230 g/mol. The topological polar surface area (TPSA) is 63.2 Å². The molecule has 0 atom stereocenters. The number of aryl methyl sites for hydroxylation is 1. The lowest BCUT2D eigenvalue weighted by Gasteiger charge is -2.10. The molecule has 1 aromatic carbocycles. The average Bonchev–Trinajstić information content (AvgIpc) is 2.64. The number of carbonyl (C=O) groups is 2. The number of hydrogen-bond acceptors (Lipinski definition) is 4. The van der Waals surface area contributed by atoms with Crippen LogP contribution in [0.5, 0.6) is 0 Å². The normalized spacial score (nSPS) is 13.9. The number of aromatic nitrogens is 2. The van der Waals surface area contributed by atoms with Gasteiger partial charge in [0.25, 0.3) is 11.8 Å². The van der Waals surface area contributed by atoms with Crippen molar-refractivity contribution in [3.63, 3.8) is 0 Å². The lowest BCUT2D eigenvalue weighted by atomic mass is 10.0. The number of anilines is 1. The van der Waals surface area contributed by atoms with Gasteiger partial charge in [0.05, 0.1) is 11.1 Å². The van der Waals surface area contributed by atoms with Crippen LogP contribution in [0.25, 0.3) is 0 Å². The Morgan fingerprint density at radius 3 is 2.39 bits per heavy atom. The summed E-state index contributed by atoms with van der Waals surface area (Å²) in [4.78, 5) is 33.3. The first-order valence-electron chi connectivity index (χ1n) is 5.45. The Kier molecular flexibility index (Phi) is 2.19. The maximum atomic E-state index is 12.3. The van der Waals surface area contributed by atoms with Crippen molar-refractivity contribution in [2.24, 2.45) is 0 Å². The first kappa shape index (κ1) is 10.6. The number of hydrogen-bond donors (Lipinski definition) is 0. The van der Waals surface area contributed by atoms with E-state index in [0.717, 1.165) is 10.5 Å². The minimum absolute atomic E-state index is 0.114. The predicted molar refractivity (Wildman–Crippen MR) is 64.4 cm³/mol. The maximum Gasteiger partial charge on any atom is 0.268 e. The van der Waals surface area contributed by atoms with Crippen LogP contribution in [0.4, 0.5) is 5.95 Å². The molecule has 0 aliphatic carbocycles. The van der Waals surface area contributed by atoms with Crippen LogP contribution in [0.15, 0.2) is 36.7 Å². The summed E-state index contributed by atoms with van der Waals surface area (Å²) in [5, 5.41) is 0. The molecule has 1 aliphatic rings. The Morgan fingerprint density at radius 1 is 1.00 bits per heavy atom. The molecule has 2 amide bonds. The summed E-state index contributed by atoms with van der Waals surface area (Å²) < 4.78 is 0. The van der Waals surface area contributed by atoms with Gasteiger partial charge in [-0.25, -0.2) is 14.9 Å². The molecule has 0 saturated heterocycles. The predicted octanol–water partition coefficient (Wildman–Crippen LogP) is 1.59. The Morgan fingerprint density at radius 2 is 1.72 bits per heavy atom. The maximum absolute atomic E-state index is 12.3. The fraction of sp³-hybridized carbons (Fsp3) is 0.0769. The molecule has 18 heavy (non-hydrogen) atoms. The molecule has 2 aromatic rings. The number of carbonyl (C=O) groups excluding carboxylic acids is 2. The molecule has 1 aromatic heterocycles. The van der Waals surface area contributed by atoms with Gasteiger partial charge >= 0.3 is 0 Å². The highest BCUT2D eigenvalue weighted by atomic mass is 16.2. The molecule has 0 radical (unpaired) electrons. The minimum atomic E-state index is -0.370. The van der Waals surface area contributed by atoms with Crippen LogP contribution in [0.3, 0.4) is 0 Å². The van der Waals surface area contributed by atoms with Crippen LogP contribution in [0.1, 0.15) is 26.3 Å². The molecule has 0 N–H and O–H groups in total. The quantitative estimate of drug-likeness (QED) is 0.709. The molecule has 5 heteroatoms. The van der Waals surface area contributed by atoms with Crippen LogP contribution in [-0.4, -0.2) is 21.8 Å². The van der Waals surface area contributed by atoms with Crippen LogP contribution in [0.2, 0.25) is 0 Å². The van der Waals surface area contributed by atoms with E-state index in [0.29, 0.717) is 11.1 Å². The number of benzene rings is 1. The third kappa shape index (κ3) is 1.34. The lowest BCUT2D eigenvalue weighted by molar-refractivity contribution is 0.0923. The molecule has 88 valence electrons. The second kappa shape index (κ2) is 3.73. The zero-order chi connectivity index (χ0) is 12.7. The fourth-order valence-electron chi connectivity index (χ4n) is 2.04. The van der Waals surface area contributed by atoms with E-state index in [1.54, 1.807) is 31.2 Å². The van der Waals surface area contributed by atoms with Crippen LogP contribution >= 0.6 is 0 Å². The summed E-state index contributed by atoms with van der Waals surface area (Å²) in [5.74, 6) is -0.618. The lowest BCUT2D eigenvalue weighted by Crippen LogP contribution is -2.31. The summed E-state index contributed by atoms with van der Waals surface area (Å²) >= 11 is 0. The SMILES string of the molecule is Cc1cccc2c1C(=O)N(c1ncccn1)C2=O. The summed E-state index contributed by atoms with van der Waals surface area (Å²) in [7, 11) is 0. The van der Waals surface area contributed by atoms with Gasteiger partial charge < -0.3 is 0 Å². The third-order valence-electron chi connectivity index (χ3n) is 2.88. The summed E-state index contributed by atoms with van der Waals surface area (Å²) in [6.07, 6.45) is 3.00. The zero-order valence-corrected chi connectivity index (χ0v) is 9.62. The Balaban J connectivity index is 2.17. The molecule has 0 bridgehead atoms. The number of imide groups is 1. The first-order chi connectivity index (χ1) is 8.70. The van der Waals surface area contributed by atoms with Crippen molar-refractivity contribution < 1.29 is 9.59 Å². The second-order valence-electron chi connectivity index (χ2n) is 3.99. The smallest absolute Gasteiger partial charge is 0.268 e. The molecule has 1 aliphatic heterocycles. The van der Waals surface area contributed by atoms with Gasteiger partial charge in [-0.3, -0.25) is 9.59 Å². The van der Waals surface area contributed by atoms with Crippen molar-refractivity contribution in [3.8, 4) is 0 Å². The fourth-order valence-corrected chi connectivity index (χ4v) is 2.04. The third-order valence-corrected chi connectivity index (χ3v) is 2.88. The van der Waals surface area contributed by atoms with Gasteiger partial charge in [0, 0.05) is 12.4 Å². The monoisotopic (exact) mass is 239 g/mol. The summed E-state index contributed by atoms with van der Waals surface area (Å²) in [6.45, 7) is 1.80. The van der Waals surface area contributed by atoms with E-state index < -0.39 is 0 Å². The molecule has 2 heterocycles. The van der Waals surface area contributed by atoms with Gasteiger partial charge in [0.1, 0.15) is 0 Å². The van der Waals surface area contributed by atoms with Crippen molar-refractivity contribution in [2.75, 3.05) is 4.90 Å². The molecular formula is C13H9N3O2. The van der Waals surface area contributed by atoms with Gasteiger partial charge in [-0.05, 0) is 24.6 Å². The summed E-state index contributed by atoms with van der Waals surface area (Å²) in [5.41, 5.74) is 1.63. The van der Waals surface area contributed by atoms with E-state index in [-0.39, 0.29) is 17.8 Å². The zero-order valence-electron chi connectivity index (χ0n) is 9.62. The Labute approximate surface area is 103 Å². The second-order valence-corrected chi connectivity index (χ2v) is 3.99. The van der Waals surface area contributed by atoms with E-state index in [1.807, 2.05) is 0 Å². The van der Waals surface area contributed by atoms with Crippen molar-refractivity contribution in [2.45, 2.75) is 6.92 Å². The number of fused-ring (bicyclic) bond motifs is 1. The van der Waals surface area contributed by atoms with E-state index in [2.05, 4.69) is 9.97 Å². The number of rotatable bonds is 1. The standard InChI is InChI=1S/C13H9N3O2/c1-8-4-2-5-9-10(8)12(18)16(11(9)17)13-14-6-3-7-15-13/h2-7H,1H3. The molecule has 0 fully saturated rings. The van der Waals surface area contributed by atoms with Crippen molar-refractivity contribution in [1.29, 1.82) is 0 Å². The van der Waals surface area contributed by atoms with E-state index in [9.17, 15) is 9.59 Å². The van der Waals surface area contributed by atoms with E-state index >= 15 is 0 Å². The largest absolute Gasteiger partial charge is 0.268 e. The highest BCUT2D eigenvalue weighted by molar-refractivity contribution is 6.34. The van der Waals surface area contributed by atoms with Gasteiger partial charge in [-0.15, -0.1) is 0 Å². The van der Waals surface area contributed by atoms with Crippen LogP contribution in [0, 0.1) is 6.92 Å².